The molecule has 2 aromatic rings. The first kappa shape index (κ1) is 19.4. The molecule has 1 N–H and O–H groups in total. The third-order valence-corrected chi connectivity index (χ3v) is 6.07. The SMILES string of the molecule is COc1ccc(S(=O)(=O)Nc2ccc(N3CCC(OC)CC3)cc2)cc1F. The van der Waals surface area contributed by atoms with Gasteiger partial charge in [-0.3, -0.25) is 4.72 Å². The molecule has 1 saturated heterocycles. The number of sulfonamides is 1. The Balaban J connectivity index is 1.69. The van der Waals surface area contributed by atoms with Crippen molar-refractivity contribution in [3.63, 3.8) is 0 Å². The first-order chi connectivity index (χ1) is 12.9. The highest BCUT2D eigenvalue weighted by Gasteiger charge is 2.20. The second-order valence-corrected chi connectivity index (χ2v) is 8.05. The fraction of sp³-hybridized carbons (Fsp3) is 0.368. The minimum atomic E-state index is -3.88. The molecule has 6 nitrogen and oxygen atoms in total. The van der Waals surface area contributed by atoms with Crippen LogP contribution < -0.4 is 14.4 Å². The van der Waals surface area contributed by atoms with Crippen LogP contribution in [0.2, 0.25) is 0 Å². The van der Waals surface area contributed by atoms with Crippen molar-refractivity contribution in [1.82, 2.24) is 0 Å². The molecular weight excluding hydrogens is 371 g/mol. The van der Waals surface area contributed by atoms with Gasteiger partial charge in [0.2, 0.25) is 0 Å². The molecule has 0 unspecified atom stereocenters. The number of nitrogens with zero attached hydrogens (tertiary/aromatic N) is 1. The third-order valence-electron chi connectivity index (χ3n) is 4.69. The summed E-state index contributed by atoms with van der Waals surface area (Å²) in [5.74, 6) is -0.731. The number of nitrogens with one attached hydrogen (secondary N) is 1. The molecule has 0 saturated carbocycles. The Morgan fingerprint density at radius 1 is 1.07 bits per heavy atom. The molecule has 0 bridgehead atoms. The average molecular weight is 394 g/mol. The van der Waals surface area contributed by atoms with Crippen LogP contribution in [0.5, 0.6) is 5.75 Å². The zero-order valence-electron chi connectivity index (χ0n) is 15.3. The highest BCUT2D eigenvalue weighted by molar-refractivity contribution is 7.92. The molecule has 2 aromatic carbocycles. The smallest absolute Gasteiger partial charge is 0.262 e. The fourth-order valence-electron chi connectivity index (χ4n) is 3.12. The summed E-state index contributed by atoms with van der Waals surface area (Å²) in [6, 6.07) is 10.7. The van der Waals surface area contributed by atoms with E-state index in [-0.39, 0.29) is 10.6 Å². The van der Waals surface area contributed by atoms with Gasteiger partial charge < -0.3 is 14.4 Å². The molecule has 0 radical (unpaired) electrons. The standard InChI is InChI=1S/C19H23FN2O4S/c1-25-16-9-11-22(12-10-16)15-5-3-14(4-6-15)21-27(23,24)17-7-8-19(26-2)18(20)13-17/h3-8,13,16,21H,9-12H2,1-2H3. The number of halogens is 1. The molecule has 1 heterocycles. The van der Waals surface area contributed by atoms with E-state index in [0.29, 0.717) is 11.8 Å². The molecule has 27 heavy (non-hydrogen) atoms. The summed E-state index contributed by atoms with van der Waals surface area (Å²) >= 11 is 0. The van der Waals surface area contributed by atoms with E-state index < -0.39 is 15.8 Å². The van der Waals surface area contributed by atoms with Crippen molar-refractivity contribution in [3.8, 4) is 5.75 Å². The molecule has 1 aliphatic heterocycles. The minimum absolute atomic E-state index is 0.00412. The second-order valence-electron chi connectivity index (χ2n) is 6.37. The Kier molecular flexibility index (Phi) is 5.86. The van der Waals surface area contributed by atoms with Crippen LogP contribution in [-0.2, 0) is 14.8 Å². The van der Waals surface area contributed by atoms with Gasteiger partial charge in [0.05, 0.1) is 18.1 Å². The van der Waals surface area contributed by atoms with Crippen LogP contribution in [0.1, 0.15) is 12.8 Å². The summed E-state index contributed by atoms with van der Waals surface area (Å²) in [7, 11) is -0.829. The molecule has 8 heteroatoms. The highest BCUT2D eigenvalue weighted by Crippen LogP contribution is 2.25. The predicted octanol–water partition coefficient (Wildman–Crippen LogP) is 3.25. The summed E-state index contributed by atoms with van der Waals surface area (Å²) in [6.07, 6.45) is 2.24. The first-order valence-corrected chi connectivity index (χ1v) is 10.2. The second kappa shape index (κ2) is 8.14. The topological polar surface area (TPSA) is 67.9 Å². The largest absolute Gasteiger partial charge is 0.494 e. The summed E-state index contributed by atoms with van der Waals surface area (Å²) in [5, 5.41) is 0. The van der Waals surface area contributed by atoms with E-state index in [1.54, 1.807) is 19.2 Å². The van der Waals surface area contributed by atoms with Crippen LogP contribution in [0.25, 0.3) is 0 Å². The van der Waals surface area contributed by atoms with Gasteiger partial charge in [-0.15, -0.1) is 0 Å². The van der Waals surface area contributed by atoms with Gasteiger partial charge in [0.1, 0.15) is 0 Å². The van der Waals surface area contributed by atoms with Crippen LogP contribution in [0.15, 0.2) is 47.4 Å². The molecule has 146 valence electrons. The summed E-state index contributed by atoms with van der Waals surface area (Å²) < 4.78 is 51.4. The molecule has 0 aliphatic carbocycles. The van der Waals surface area contributed by atoms with Gasteiger partial charge in [-0.25, -0.2) is 12.8 Å². The lowest BCUT2D eigenvalue weighted by atomic mass is 10.1. The van der Waals surface area contributed by atoms with Gasteiger partial charge >= 0.3 is 0 Å². The normalized spacial score (nSPS) is 15.6. The number of methoxy groups -OCH3 is 2. The number of hydrogen-bond donors (Lipinski definition) is 1. The lowest BCUT2D eigenvalue weighted by Crippen LogP contribution is -2.36. The lowest BCUT2D eigenvalue weighted by Gasteiger charge is -2.33. The van der Waals surface area contributed by atoms with Crippen LogP contribution in [0.4, 0.5) is 15.8 Å². The Morgan fingerprint density at radius 3 is 2.30 bits per heavy atom. The van der Waals surface area contributed by atoms with Gasteiger partial charge in [0.15, 0.2) is 11.6 Å². The van der Waals surface area contributed by atoms with Crippen molar-refractivity contribution < 1.29 is 22.3 Å². The van der Waals surface area contributed by atoms with Crippen LogP contribution >= 0.6 is 0 Å². The Bertz CT molecular complexity index is 879. The van der Waals surface area contributed by atoms with Gasteiger partial charge in [0.25, 0.3) is 10.0 Å². The van der Waals surface area contributed by atoms with E-state index in [1.807, 2.05) is 12.1 Å². The number of rotatable bonds is 6. The highest BCUT2D eigenvalue weighted by atomic mass is 32.2. The number of benzene rings is 2. The van der Waals surface area contributed by atoms with E-state index in [2.05, 4.69) is 9.62 Å². The molecular formula is C19H23FN2O4S. The third kappa shape index (κ3) is 4.51. The minimum Gasteiger partial charge on any atom is -0.494 e. The van der Waals surface area contributed by atoms with Gasteiger partial charge in [-0.1, -0.05) is 0 Å². The summed E-state index contributed by atoms with van der Waals surface area (Å²) in [5.41, 5.74) is 1.45. The molecule has 3 rings (SSSR count). The van der Waals surface area contributed by atoms with E-state index >= 15 is 0 Å². The van der Waals surface area contributed by atoms with Crippen molar-refractivity contribution in [2.24, 2.45) is 0 Å². The van der Waals surface area contributed by atoms with Crippen molar-refractivity contribution in [2.45, 2.75) is 23.8 Å². The summed E-state index contributed by atoms with van der Waals surface area (Å²) in [4.78, 5) is 2.08. The van der Waals surface area contributed by atoms with E-state index in [9.17, 15) is 12.8 Å². The number of hydrogen-bond acceptors (Lipinski definition) is 5. The van der Waals surface area contributed by atoms with Crippen molar-refractivity contribution in [1.29, 1.82) is 0 Å². The van der Waals surface area contributed by atoms with Crippen molar-refractivity contribution in [2.75, 3.05) is 36.9 Å². The van der Waals surface area contributed by atoms with Crippen LogP contribution in [0, 0.1) is 5.82 Å². The Labute approximate surface area is 159 Å². The van der Waals surface area contributed by atoms with Crippen LogP contribution in [-0.4, -0.2) is 41.8 Å². The zero-order chi connectivity index (χ0) is 19.4. The quantitative estimate of drug-likeness (QED) is 0.815. The maximum Gasteiger partial charge on any atom is 0.262 e. The molecule has 0 spiro atoms. The molecule has 1 fully saturated rings. The fourth-order valence-corrected chi connectivity index (χ4v) is 4.19. The van der Waals surface area contributed by atoms with Gasteiger partial charge in [-0.05, 0) is 55.3 Å². The van der Waals surface area contributed by atoms with Crippen LogP contribution in [0.3, 0.4) is 0 Å². The van der Waals surface area contributed by atoms with Crippen molar-refractivity contribution in [3.05, 3.63) is 48.3 Å². The molecule has 0 atom stereocenters. The Morgan fingerprint density at radius 2 is 1.74 bits per heavy atom. The zero-order valence-corrected chi connectivity index (χ0v) is 16.1. The van der Waals surface area contributed by atoms with Gasteiger partial charge in [-0.2, -0.15) is 0 Å². The summed E-state index contributed by atoms with van der Waals surface area (Å²) in [6.45, 7) is 1.80. The number of ether oxygens (including phenoxy) is 2. The molecule has 1 aliphatic rings. The maximum atomic E-state index is 13.8. The van der Waals surface area contributed by atoms with E-state index in [1.165, 1.54) is 19.2 Å². The number of piperidine rings is 1. The monoisotopic (exact) mass is 394 g/mol. The predicted molar refractivity (Wildman–Crippen MR) is 102 cm³/mol. The van der Waals surface area contributed by atoms with E-state index in [0.717, 1.165) is 37.7 Å². The first-order valence-electron chi connectivity index (χ1n) is 8.67. The van der Waals surface area contributed by atoms with E-state index in [4.69, 9.17) is 9.47 Å². The lowest BCUT2D eigenvalue weighted by molar-refractivity contribution is 0.0819. The van der Waals surface area contributed by atoms with Gasteiger partial charge in [0, 0.05) is 31.6 Å². The number of anilines is 2. The molecule has 0 amide bonds. The van der Waals surface area contributed by atoms with Crippen molar-refractivity contribution >= 4 is 21.4 Å². The average Bonchev–Trinajstić information content (AvgIpc) is 2.68. The molecule has 0 aromatic heterocycles. The maximum absolute atomic E-state index is 13.8. The Hall–Kier alpha value is -2.32.